The summed E-state index contributed by atoms with van der Waals surface area (Å²) in [4.78, 5) is 24.0. The van der Waals surface area contributed by atoms with Crippen LogP contribution in [-0.2, 0) is 4.79 Å². The second kappa shape index (κ2) is 4.86. The number of nitrogens with zero attached hydrogens (tertiary/aromatic N) is 1. The van der Waals surface area contributed by atoms with Gasteiger partial charge in [-0.3, -0.25) is 4.79 Å². The maximum absolute atomic E-state index is 11.5. The van der Waals surface area contributed by atoms with Crippen molar-refractivity contribution >= 4 is 12.0 Å². The van der Waals surface area contributed by atoms with Gasteiger partial charge in [0.25, 0.3) is 0 Å². The number of benzene rings is 1. The fourth-order valence-corrected chi connectivity index (χ4v) is 1.62. The zero-order valence-electron chi connectivity index (χ0n) is 9.55. The van der Waals surface area contributed by atoms with Crippen molar-refractivity contribution in [1.82, 2.24) is 10.2 Å². The van der Waals surface area contributed by atoms with Gasteiger partial charge >= 0.3 is 6.09 Å². The molecule has 0 atom stereocenters. The smallest absolute Gasteiger partial charge is 0.410 e. The van der Waals surface area contributed by atoms with Crippen molar-refractivity contribution in [2.45, 2.75) is 13.0 Å². The number of carbonyl (C=O) groups excluding carboxylic acids is 2. The first-order valence-electron chi connectivity index (χ1n) is 5.44. The summed E-state index contributed by atoms with van der Waals surface area (Å²) in [7, 11) is 0. The molecule has 0 radical (unpaired) electrons. The molecule has 0 bridgehead atoms. The van der Waals surface area contributed by atoms with Gasteiger partial charge in [0.1, 0.15) is 5.75 Å². The van der Waals surface area contributed by atoms with Gasteiger partial charge in [-0.25, -0.2) is 4.79 Å². The molecule has 17 heavy (non-hydrogen) atoms. The van der Waals surface area contributed by atoms with Crippen LogP contribution in [0, 0.1) is 0 Å². The molecule has 1 aliphatic heterocycles. The molecular formula is C12H14N2O3. The van der Waals surface area contributed by atoms with Gasteiger partial charge in [0, 0.05) is 20.0 Å². The van der Waals surface area contributed by atoms with Crippen LogP contribution in [-0.4, -0.2) is 36.0 Å². The van der Waals surface area contributed by atoms with Gasteiger partial charge in [-0.2, -0.15) is 0 Å². The lowest BCUT2D eigenvalue weighted by atomic mass is 10.1. The maximum atomic E-state index is 11.5. The lowest BCUT2D eigenvalue weighted by Crippen LogP contribution is -2.60. The SMILES string of the molecule is CC(=O)N1CC(NC(=O)Oc2ccccc2)C1. The Bertz CT molecular complexity index is 413. The lowest BCUT2D eigenvalue weighted by Gasteiger charge is -2.38. The minimum absolute atomic E-state index is 0.00453. The minimum atomic E-state index is -0.482. The molecule has 5 heteroatoms. The third-order valence-corrected chi connectivity index (χ3v) is 2.60. The van der Waals surface area contributed by atoms with E-state index in [0.29, 0.717) is 18.8 Å². The Labute approximate surface area is 99.4 Å². The molecular weight excluding hydrogens is 220 g/mol. The Morgan fingerprint density at radius 1 is 1.29 bits per heavy atom. The molecule has 1 aromatic rings. The van der Waals surface area contributed by atoms with E-state index in [4.69, 9.17) is 4.74 Å². The van der Waals surface area contributed by atoms with Crippen molar-refractivity contribution in [2.75, 3.05) is 13.1 Å². The standard InChI is InChI=1S/C12H14N2O3/c1-9(15)14-7-10(8-14)13-12(16)17-11-5-3-2-4-6-11/h2-6,10H,7-8H2,1H3,(H,13,16). The predicted octanol–water partition coefficient (Wildman–Crippen LogP) is 1.01. The molecule has 0 spiro atoms. The summed E-state index contributed by atoms with van der Waals surface area (Å²) in [5.74, 6) is 0.534. The number of carbonyl (C=O) groups is 2. The fraction of sp³-hybridized carbons (Fsp3) is 0.333. The normalized spacial score (nSPS) is 15.0. The van der Waals surface area contributed by atoms with E-state index in [1.54, 1.807) is 29.2 Å². The van der Waals surface area contributed by atoms with E-state index in [1.807, 2.05) is 6.07 Å². The molecule has 1 N–H and O–H groups in total. The van der Waals surface area contributed by atoms with Gasteiger partial charge < -0.3 is 15.0 Å². The molecule has 1 saturated heterocycles. The van der Waals surface area contributed by atoms with E-state index in [9.17, 15) is 9.59 Å². The largest absolute Gasteiger partial charge is 0.412 e. The first-order chi connectivity index (χ1) is 8.15. The Balaban J connectivity index is 1.74. The highest BCUT2D eigenvalue weighted by molar-refractivity contribution is 5.75. The summed E-state index contributed by atoms with van der Waals surface area (Å²) in [5.41, 5.74) is 0. The number of likely N-dealkylation sites (tertiary alicyclic amines) is 1. The van der Waals surface area contributed by atoms with Crippen molar-refractivity contribution in [1.29, 1.82) is 0 Å². The van der Waals surface area contributed by atoms with Crippen LogP contribution in [0.3, 0.4) is 0 Å². The van der Waals surface area contributed by atoms with Crippen molar-refractivity contribution < 1.29 is 14.3 Å². The van der Waals surface area contributed by atoms with Gasteiger partial charge in [0.15, 0.2) is 0 Å². The quantitative estimate of drug-likeness (QED) is 0.830. The third-order valence-electron chi connectivity index (χ3n) is 2.60. The van der Waals surface area contributed by atoms with Crippen LogP contribution in [0.1, 0.15) is 6.92 Å². The Hall–Kier alpha value is -2.04. The monoisotopic (exact) mass is 234 g/mol. The number of ether oxygens (including phenoxy) is 1. The van der Waals surface area contributed by atoms with Crippen LogP contribution in [0.2, 0.25) is 0 Å². The van der Waals surface area contributed by atoms with Crippen LogP contribution >= 0.6 is 0 Å². The van der Waals surface area contributed by atoms with Crippen LogP contribution in [0.5, 0.6) is 5.75 Å². The second-order valence-electron chi connectivity index (χ2n) is 3.97. The molecule has 1 aromatic carbocycles. The molecule has 0 aliphatic carbocycles. The topological polar surface area (TPSA) is 58.6 Å². The summed E-state index contributed by atoms with van der Waals surface area (Å²) < 4.78 is 5.06. The van der Waals surface area contributed by atoms with E-state index >= 15 is 0 Å². The van der Waals surface area contributed by atoms with Crippen LogP contribution in [0.4, 0.5) is 4.79 Å². The summed E-state index contributed by atoms with van der Waals surface area (Å²) in [6, 6.07) is 8.86. The van der Waals surface area contributed by atoms with Crippen molar-refractivity contribution in [2.24, 2.45) is 0 Å². The van der Waals surface area contributed by atoms with Crippen molar-refractivity contribution in [3.05, 3.63) is 30.3 Å². The van der Waals surface area contributed by atoms with Crippen LogP contribution in [0.25, 0.3) is 0 Å². The zero-order valence-corrected chi connectivity index (χ0v) is 9.55. The average Bonchev–Trinajstić information content (AvgIpc) is 2.23. The van der Waals surface area contributed by atoms with E-state index in [-0.39, 0.29) is 11.9 Å². The molecule has 2 amide bonds. The van der Waals surface area contributed by atoms with E-state index in [1.165, 1.54) is 6.92 Å². The number of hydrogen-bond acceptors (Lipinski definition) is 3. The fourth-order valence-electron chi connectivity index (χ4n) is 1.62. The van der Waals surface area contributed by atoms with Crippen LogP contribution < -0.4 is 10.1 Å². The molecule has 1 heterocycles. The summed E-state index contributed by atoms with van der Waals surface area (Å²) >= 11 is 0. The van der Waals surface area contributed by atoms with E-state index in [2.05, 4.69) is 5.32 Å². The van der Waals surface area contributed by atoms with Gasteiger partial charge in [0.05, 0.1) is 6.04 Å². The average molecular weight is 234 g/mol. The highest BCUT2D eigenvalue weighted by atomic mass is 16.6. The Morgan fingerprint density at radius 2 is 1.94 bits per heavy atom. The zero-order chi connectivity index (χ0) is 12.3. The van der Waals surface area contributed by atoms with Gasteiger partial charge in [-0.15, -0.1) is 0 Å². The predicted molar refractivity (Wildman–Crippen MR) is 61.6 cm³/mol. The second-order valence-corrected chi connectivity index (χ2v) is 3.97. The van der Waals surface area contributed by atoms with Crippen molar-refractivity contribution in [3.63, 3.8) is 0 Å². The molecule has 90 valence electrons. The summed E-state index contributed by atoms with van der Waals surface area (Å²) in [6.07, 6.45) is -0.482. The molecule has 2 rings (SSSR count). The number of nitrogens with one attached hydrogen (secondary N) is 1. The van der Waals surface area contributed by atoms with Gasteiger partial charge in [-0.1, -0.05) is 18.2 Å². The maximum Gasteiger partial charge on any atom is 0.412 e. The third kappa shape index (κ3) is 2.96. The Morgan fingerprint density at radius 3 is 2.53 bits per heavy atom. The molecule has 0 saturated carbocycles. The Kier molecular flexibility index (Phi) is 3.27. The molecule has 1 fully saturated rings. The molecule has 0 unspecified atom stereocenters. The molecule has 0 aromatic heterocycles. The molecule has 1 aliphatic rings. The number of para-hydroxylation sites is 1. The van der Waals surface area contributed by atoms with E-state index < -0.39 is 6.09 Å². The summed E-state index contributed by atoms with van der Waals surface area (Å²) in [5, 5.41) is 2.69. The van der Waals surface area contributed by atoms with Gasteiger partial charge in [-0.05, 0) is 12.1 Å². The highest BCUT2D eigenvalue weighted by Gasteiger charge is 2.30. The van der Waals surface area contributed by atoms with Crippen LogP contribution in [0.15, 0.2) is 30.3 Å². The van der Waals surface area contributed by atoms with Crippen molar-refractivity contribution in [3.8, 4) is 5.75 Å². The first-order valence-corrected chi connectivity index (χ1v) is 5.44. The number of amides is 2. The highest BCUT2D eigenvalue weighted by Crippen LogP contribution is 2.10. The summed E-state index contributed by atoms with van der Waals surface area (Å²) in [6.45, 7) is 2.62. The van der Waals surface area contributed by atoms with Gasteiger partial charge in [0.2, 0.25) is 5.91 Å². The first kappa shape index (κ1) is 11.4. The number of rotatable bonds is 2. The minimum Gasteiger partial charge on any atom is -0.410 e. The molecule has 5 nitrogen and oxygen atoms in total. The van der Waals surface area contributed by atoms with E-state index in [0.717, 1.165) is 0 Å². The lowest BCUT2D eigenvalue weighted by molar-refractivity contribution is -0.133. The number of hydrogen-bond donors (Lipinski definition) is 1.